The summed E-state index contributed by atoms with van der Waals surface area (Å²) in [6, 6.07) is 19.6. The van der Waals surface area contributed by atoms with E-state index in [4.69, 9.17) is 5.26 Å². The molecule has 3 rings (SSSR count). The first-order valence-corrected chi connectivity index (χ1v) is 9.36. The van der Waals surface area contributed by atoms with Crippen molar-refractivity contribution in [3.8, 4) is 6.07 Å². The second kappa shape index (κ2) is 8.15. The first-order chi connectivity index (χ1) is 11.8. The van der Waals surface area contributed by atoms with Crippen LogP contribution in [-0.2, 0) is 12.8 Å². The molecule has 1 fully saturated rings. The van der Waals surface area contributed by atoms with Gasteiger partial charge < -0.3 is 0 Å². The maximum Gasteiger partial charge on any atom is 0.0991 e. The van der Waals surface area contributed by atoms with Crippen molar-refractivity contribution < 1.29 is 0 Å². The van der Waals surface area contributed by atoms with Gasteiger partial charge in [0.2, 0.25) is 0 Å². The molecule has 0 spiro atoms. The maximum atomic E-state index is 8.86. The lowest BCUT2D eigenvalue weighted by Gasteiger charge is -2.29. The highest BCUT2D eigenvalue weighted by Crippen LogP contribution is 2.37. The molecule has 0 saturated heterocycles. The molecule has 0 radical (unpaired) electrons. The van der Waals surface area contributed by atoms with E-state index in [1.165, 1.54) is 48.8 Å². The van der Waals surface area contributed by atoms with Gasteiger partial charge in [0.05, 0.1) is 11.6 Å². The normalized spacial score (nSPS) is 20.5. The maximum absolute atomic E-state index is 8.86. The Morgan fingerprint density at radius 2 is 1.50 bits per heavy atom. The number of nitriles is 1. The van der Waals surface area contributed by atoms with Gasteiger partial charge in [0.25, 0.3) is 0 Å². The number of hydrogen-bond donors (Lipinski definition) is 0. The minimum atomic E-state index is 0.758. The van der Waals surface area contributed by atoms with E-state index >= 15 is 0 Å². The van der Waals surface area contributed by atoms with E-state index in [2.05, 4.69) is 49.4 Å². The molecule has 0 bridgehead atoms. The Morgan fingerprint density at radius 1 is 0.875 bits per heavy atom. The largest absolute Gasteiger partial charge is 0.192 e. The van der Waals surface area contributed by atoms with Crippen molar-refractivity contribution in [1.82, 2.24) is 0 Å². The van der Waals surface area contributed by atoms with Crippen LogP contribution in [-0.4, -0.2) is 0 Å². The zero-order valence-electron chi connectivity index (χ0n) is 14.7. The zero-order valence-corrected chi connectivity index (χ0v) is 14.7. The lowest BCUT2D eigenvalue weighted by atomic mass is 9.77. The fraction of sp³-hybridized carbons (Fsp3) is 0.435. The average molecular weight is 317 g/mol. The molecule has 24 heavy (non-hydrogen) atoms. The summed E-state index contributed by atoms with van der Waals surface area (Å²) in [6.45, 7) is 2.22. The smallest absolute Gasteiger partial charge is 0.0991 e. The highest BCUT2D eigenvalue weighted by Gasteiger charge is 2.22. The Morgan fingerprint density at radius 3 is 2.08 bits per heavy atom. The molecule has 0 atom stereocenters. The van der Waals surface area contributed by atoms with Crippen molar-refractivity contribution in [1.29, 1.82) is 5.26 Å². The number of aryl methyl sites for hydroxylation is 2. The van der Waals surface area contributed by atoms with Crippen LogP contribution in [0.3, 0.4) is 0 Å². The molecule has 1 aliphatic carbocycles. The molecule has 0 N–H and O–H groups in total. The number of benzene rings is 2. The minimum Gasteiger partial charge on any atom is -0.192 e. The molecule has 124 valence electrons. The Balaban J connectivity index is 1.46. The van der Waals surface area contributed by atoms with Crippen LogP contribution >= 0.6 is 0 Å². The third kappa shape index (κ3) is 4.26. The van der Waals surface area contributed by atoms with E-state index in [0.29, 0.717) is 0 Å². The molecule has 0 heterocycles. The first-order valence-electron chi connectivity index (χ1n) is 9.36. The third-order valence-electron chi connectivity index (χ3n) is 5.63. The van der Waals surface area contributed by atoms with Crippen LogP contribution in [0.2, 0.25) is 0 Å². The van der Waals surface area contributed by atoms with Crippen LogP contribution < -0.4 is 0 Å². The second-order valence-electron chi connectivity index (χ2n) is 7.16. The third-order valence-corrected chi connectivity index (χ3v) is 5.63. The lowest BCUT2D eigenvalue weighted by Crippen LogP contribution is -2.14. The van der Waals surface area contributed by atoms with Crippen LogP contribution in [0.4, 0.5) is 0 Å². The Kier molecular flexibility index (Phi) is 5.70. The van der Waals surface area contributed by atoms with Crippen molar-refractivity contribution in [2.45, 2.75) is 57.8 Å². The predicted molar refractivity (Wildman–Crippen MR) is 100.0 cm³/mol. The summed E-state index contributed by atoms with van der Waals surface area (Å²) in [7, 11) is 0. The molecule has 2 aromatic rings. The fourth-order valence-electron chi connectivity index (χ4n) is 3.93. The molecule has 1 saturated carbocycles. The van der Waals surface area contributed by atoms with Crippen LogP contribution in [0.5, 0.6) is 0 Å². The van der Waals surface area contributed by atoms with Crippen molar-refractivity contribution in [3.05, 3.63) is 70.8 Å². The van der Waals surface area contributed by atoms with E-state index in [1.54, 1.807) is 0 Å². The highest BCUT2D eigenvalue weighted by atomic mass is 14.3. The Bertz CT molecular complexity index is 667. The number of nitrogens with zero attached hydrogens (tertiary/aromatic N) is 1. The topological polar surface area (TPSA) is 23.8 Å². The number of hydrogen-bond acceptors (Lipinski definition) is 1. The first kappa shape index (κ1) is 16.8. The SMILES string of the molecule is CCc1ccc(C2CCC(CCc3ccc(C#N)cc3)CC2)cc1. The summed E-state index contributed by atoms with van der Waals surface area (Å²) in [5.41, 5.74) is 5.10. The van der Waals surface area contributed by atoms with Crippen LogP contribution in [0.1, 0.15) is 67.2 Å². The van der Waals surface area contributed by atoms with Crippen LogP contribution in [0.25, 0.3) is 0 Å². The van der Waals surface area contributed by atoms with E-state index in [1.807, 2.05) is 12.1 Å². The molecule has 0 amide bonds. The van der Waals surface area contributed by atoms with Crippen molar-refractivity contribution in [3.63, 3.8) is 0 Å². The molecule has 1 heteroatoms. The monoisotopic (exact) mass is 317 g/mol. The van der Waals surface area contributed by atoms with Gasteiger partial charge in [-0.2, -0.15) is 5.26 Å². The predicted octanol–water partition coefficient (Wildman–Crippen LogP) is 6.03. The van der Waals surface area contributed by atoms with Gasteiger partial charge in [-0.3, -0.25) is 0 Å². The summed E-state index contributed by atoms with van der Waals surface area (Å²) in [4.78, 5) is 0. The average Bonchev–Trinajstić information content (AvgIpc) is 2.67. The molecule has 2 aromatic carbocycles. The lowest BCUT2D eigenvalue weighted by molar-refractivity contribution is 0.310. The van der Waals surface area contributed by atoms with Crippen molar-refractivity contribution >= 4 is 0 Å². The van der Waals surface area contributed by atoms with Gasteiger partial charge in [-0.05, 0) is 85.6 Å². The molecular weight excluding hydrogens is 290 g/mol. The summed E-state index contributed by atoms with van der Waals surface area (Å²) in [5, 5.41) is 8.86. The molecule has 1 aliphatic rings. The van der Waals surface area contributed by atoms with Gasteiger partial charge in [-0.25, -0.2) is 0 Å². The van der Waals surface area contributed by atoms with E-state index < -0.39 is 0 Å². The van der Waals surface area contributed by atoms with Crippen molar-refractivity contribution in [2.24, 2.45) is 5.92 Å². The summed E-state index contributed by atoms with van der Waals surface area (Å²) >= 11 is 0. The Hall–Kier alpha value is -2.07. The van der Waals surface area contributed by atoms with E-state index in [0.717, 1.165) is 30.2 Å². The van der Waals surface area contributed by atoms with Gasteiger partial charge in [-0.1, -0.05) is 43.3 Å². The zero-order chi connectivity index (χ0) is 16.8. The summed E-state index contributed by atoms with van der Waals surface area (Å²) in [6.07, 6.45) is 8.95. The number of rotatable bonds is 5. The molecule has 0 aromatic heterocycles. The summed E-state index contributed by atoms with van der Waals surface area (Å²) < 4.78 is 0. The van der Waals surface area contributed by atoms with E-state index in [-0.39, 0.29) is 0 Å². The van der Waals surface area contributed by atoms with Gasteiger partial charge >= 0.3 is 0 Å². The quantitative estimate of drug-likeness (QED) is 0.660. The Labute approximate surface area is 146 Å². The van der Waals surface area contributed by atoms with Crippen LogP contribution in [0.15, 0.2) is 48.5 Å². The van der Waals surface area contributed by atoms with E-state index in [9.17, 15) is 0 Å². The van der Waals surface area contributed by atoms with Crippen molar-refractivity contribution in [2.75, 3.05) is 0 Å². The summed E-state index contributed by atoms with van der Waals surface area (Å²) in [5.74, 6) is 1.63. The molecule has 0 unspecified atom stereocenters. The van der Waals surface area contributed by atoms with Crippen LogP contribution in [0, 0.1) is 17.2 Å². The molecule has 0 aliphatic heterocycles. The molecule has 1 nitrogen and oxygen atoms in total. The van der Waals surface area contributed by atoms with Gasteiger partial charge in [-0.15, -0.1) is 0 Å². The standard InChI is InChI=1S/C23H27N/c1-2-18-9-13-22(14-10-18)23-15-11-20(12-16-23)4-3-19-5-7-21(17-24)8-6-19/h5-10,13-14,20,23H,2-4,11-12,15-16H2,1H3. The van der Waals surface area contributed by atoms with Gasteiger partial charge in [0, 0.05) is 0 Å². The van der Waals surface area contributed by atoms with Gasteiger partial charge in [0.1, 0.15) is 0 Å². The minimum absolute atomic E-state index is 0.758. The fourth-order valence-corrected chi connectivity index (χ4v) is 3.93. The highest BCUT2D eigenvalue weighted by molar-refractivity contribution is 5.31. The second-order valence-corrected chi connectivity index (χ2v) is 7.16. The molecular formula is C23H27N. The van der Waals surface area contributed by atoms with Gasteiger partial charge in [0.15, 0.2) is 0 Å².